The molecule has 7 nitrogen and oxygen atoms in total. The van der Waals surface area contributed by atoms with Crippen molar-refractivity contribution in [3.63, 3.8) is 0 Å². The molecule has 34 heavy (non-hydrogen) atoms. The summed E-state index contributed by atoms with van der Waals surface area (Å²) in [6.07, 6.45) is 3.72. The van der Waals surface area contributed by atoms with Crippen LogP contribution in [0.1, 0.15) is 11.1 Å². The zero-order valence-electron chi connectivity index (χ0n) is 18.1. The van der Waals surface area contributed by atoms with Crippen molar-refractivity contribution in [3.8, 4) is 21.1 Å². The number of nitrogens with zero attached hydrogens (tertiary/aromatic N) is 5. The van der Waals surface area contributed by atoms with Gasteiger partial charge in [-0.15, -0.1) is 22.7 Å². The minimum Gasteiger partial charge on any atom is -0.368 e. The summed E-state index contributed by atoms with van der Waals surface area (Å²) in [5.41, 5.74) is 6.24. The Hall–Kier alpha value is -3.69. The topological polar surface area (TPSA) is 87.5 Å². The van der Waals surface area contributed by atoms with Gasteiger partial charge in [0.2, 0.25) is 0 Å². The molecule has 0 radical (unpaired) electrons. The van der Waals surface area contributed by atoms with Gasteiger partial charge in [0.1, 0.15) is 21.7 Å². The minimum absolute atomic E-state index is 0.828. The lowest BCUT2D eigenvalue weighted by molar-refractivity contribution is 0.960. The number of fused-ring (bicyclic) bond motifs is 2. The standard InChI is InChI=1S/C25H19N7S2/c1-3-18-20(11-14(1)22-27-7-8-28-22)33-24(31-18)16-5-6-26-13-17(16)25-32-19-4-2-15(12-21(19)34-25)23-29-9-10-30-23/h1-6,11-13H,7-10H2,(H,27,28)(H,29,30). The summed E-state index contributed by atoms with van der Waals surface area (Å²) in [5.74, 6) is 1.93. The minimum atomic E-state index is 0.828. The summed E-state index contributed by atoms with van der Waals surface area (Å²) in [7, 11) is 0. The van der Waals surface area contributed by atoms with Gasteiger partial charge in [-0.1, -0.05) is 0 Å². The predicted molar refractivity (Wildman–Crippen MR) is 140 cm³/mol. The lowest BCUT2D eigenvalue weighted by Gasteiger charge is -2.02. The van der Waals surface area contributed by atoms with Crippen LogP contribution in [0.25, 0.3) is 41.6 Å². The van der Waals surface area contributed by atoms with Crippen LogP contribution in [0.4, 0.5) is 0 Å². The highest BCUT2D eigenvalue weighted by Gasteiger charge is 2.17. The fraction of sp³-hybridized carbons (Fsp3) is 0.160. The van der Waals surface area contributed by atoms with E-state index in [1.807, 2.05) is 18.5 Å². The quantitative estimate of drug-likeness (QED) is 0.399. The van der Waals surface area contributed by atoms with Gasteiger partial charge < -0.3 is 10.6 Å². The highest BCUT2D eigenvalue weighted by atomic mass is 32.1. The van der Waals surface area contributed by atoms with Gasteiger partial charge in [0.15, 0.2) is 0 Å². The molecule has 2 aromatic carbocycles. The average Bonchev–Trinajstić information content (AvgIpc) is 3.69. The van der Waals surface area contributed by atoms with E-state index in [4.69, 9.17) is 9.97 Å². The van der Waals surface area contributed by atoms with Gasteiger partial charge in [0.05, 0.1) is 33.5 Å². The third-order valence-electron chi connectivity index (χ3n) is 5.95. The van der Waals surface area contributed by atoms with Crippen LogP contribution in [-0.2, 0) is 0 Å². The first-order valence-electron chi connectivity index (χ1n) is 11.2. The molecule has 9 heteroatoms. The maximum atomic E-state index is 4.94. The number of pyridine rings is 1. The van der Waals surface area contributed by atoms with E-state index >= 15 is 0 Å². The zero-order valence-corrected chi connectivity index (χ0v) is 19.7. The Labute approximate surface area is 203 Å². The van der Waals surface area contributed by atoms with Crippen molar-refractivity contribution in [3.05, 3.63) is 66.0 Å². The molecule has 2 aliphatic rings. The van der Waals surface area contributed by atoms with Gasteiger partial charge in [-0.25, -0.2) is 9.97 Å². The second-order valence-corrected chi connectivity index (χ2v) is 10.2. The van der Waals surface area contributed by atoms with E-state index in [0.29, 0.717) is 0 Å². The molecule has 0 atom stereocenters. The SMILES string of the molecule is c1cc(-c2nc3ccc(C4=NCCN4)cc3s2)c(-c2nc3ccc(C4=NCCN4)cc3s2)cn1. The van der Waals surface area contributed by atoms with Crippen molar-refractivity contribution in [2.45, 2.75) is 0 Å². The van der Waals surface area contributed by atoms with Crippen LogP contribution in [0.5, 0.6) is 0 Å². The van der Waals surface area contributed by atoms with E-state index in [-0.39, 0.29) is 0 Å². The second kappa shape index (κ2) is 7.96. The van der Waals surface area contributed by atoms with Crippen LogP contribution in [0, 0.1) is 0 Å². The monoisotopic (exact) mass is 481 g/mol. The first-order chi connectivity index (χ1) is 16.8. The molecule has 0 saturated heterocycles. The molecular formula is C25H19N7S2. The molecule has 166 valence electrons. The van der Waals surface area contributed by atoms with E-state index in [2.05, 4.69) is 62.0 Å². The first-order valence-corrected chi connectivity index (χ1v) is 12.8. The highest BCUT2D eigenvalue weighted by molar-refractivity contribution is 7.22. The third-order valence-corrected chi connectivity index (χ3v) is 8.06. The number of hydrogen-bond donors (Lipinski definition) is 2. The van der Waals surface area contributed by atoms with Crippen molar-refractivity contribution in [2.24, 2.45) is 9.98 Å². The molecule has 7 rings (SSSR count). The van der Waals surface area contributed by atoms with Crippen LogP contribution in [-0.4, -0.2) is 52.8 Å². The molecule has 0 fully saturated rings. The Kier molecular flexibility index (Phi) is 4.63. The summed E-state index contributed by atoms with van der Waals surface area (Å²) in [5, 5.41) is 8.61. The van der Waals surface area contributed by atoms with Crippen LogP contribution in [0.3, 0.4) is 0 Å². The maximum Gasteiger partial charge on any atom is 0.128 e. The molecule has 0 unspecified atom stereocenters. The molecule has 3 aromatic heterocycles. The van der Waals surface area contributed by atoms with Crippen LogP contribution in [0.2, 0.25) is 0 Å². The summed E-state index contributed by atoms with van der Waals surface area (Å²) in [4.78, 5) is 23.4. The fourth-order valence-electron chi connectivity index (χ4n) is 4.31. The molecule has 2 aliphatic heterocycles. The van der Waals surface area contributed by atoms with E-state index in [9.17, 15) is 0 Å². The maximum absolute atomic E-state index is 4.94. The molecule has 0 aliphatic carbocycles. The average molecular weight is 482 g/mol. The Balaban J connectivity index is 1.30. The first kappa shape index (κ1) is 19.7. The third kappa shape index (κ3) is 3.36. The normalized spacial score (nSPS) is 15.4. The molecular weight excluding hydrogens is 462 g/mol. The van der Waals surface area contributed by atoms with Crippen molar-refractivity contribution >= 4 is 54.8 Å². The summed E-state index contributed by atoms with van der Waals surface area (Å²) < 4.78 is 2.28. The molecule has 0 spiro atoms. The number of aromatic nitrogens is 3. The van der Waals surface area contributed by atoms with E-state index < -0.39 is 0 Å². The number of rotatable bonds is 4. The van der Waals surface area contributed by atoms with Crippen LogP contribution >= 0.6 is 22.7 Å². The largest absolute Gasteiger partial charge is 0.368 e. The summed E-state index contributed by atoms with van der Waals surface area (Å²) in [6.45, 7) is 3.45. The molecule has 5 aromatic rings. The lowest BCUT2D eigenvalue weighted by atomic mass is 10.1. The van der Waals surface area contributed by atoms with Crippen molar-refractivity contribution in [1.29, 1.82) is 0 Å². The molecule has 0 saturated carbocycles. The summed E-state index contributed by atoms with van der Waals surface area (Å²) in [6, 6.07) is 14.7. The number of amidine groups is 2. The molecule has 5 heterocycles. The smallest absolute Gasteiger partial charge is 0.128 e. The number of nitrogens with one attached hydrogen (secondary N) is 2. The summed E-state index contributed by atoms with van der Waals surface area (Å²) >= 11 is 3.37. The van der Waals surface area contributed by atoms with Crippen molar-refractivity contribution < 1.29 is 0 Å². The van der Waals surface area contributed by atoms with Gasteiger partial charge in [0, 0.05) is 47.7 Å². The Morgan fingerprint density at radius 1 is 0.676 bits per heavy atom. The highest BCUT2D eigenvalue weighted by Crippen LogP contribution is 2.39. The zero-order chi connectivity index (χ0) is 22.5. The van der Waals surface area contributed by atoms with E-state index in [1.54, 1.807) is 22.7 Å². The Morgan fingerprint density at radius 3 is 1.82 bits per heavy atom. The number of hydrogen-bond acceptors (Lipinski definition) is 9. The van der Waals surface area contributed by atoms with Gasteiger partial charge in [-0.05, 0) is 42.5 Å². The van der Waals surface area contributed by atoms with Gasteiger partial charge >= 0.3 is 0 Å². The van der Waals surface area contributed by atoms with Crippen molar-refractivity contribution in [1.82, 2.24) is 25.6 Å². The fourth-order valence-corrected chi connectivity index (χ4v) is 6.38. The van der Waals surface area contributed by atoms with Gasteiger partial charge in [-0.2, -0.15) is 0 Å². The number of thiazole rings is 2. The van der Waals surface area contributed by atoms with Gasteiger partial charge in [0.25, 0.3) is 0 Å². The van der Waals surface area contributed by atoms with E-state index in [1.165, 1.54) is 0 Å². The predicted octanol–water partition coefficient (Wildman–Crippen LogP) is 4.33. The molecule has 0 amide bonds. The van der Waals surface area contributed by atoms with Crippen LogP contribution < -0.4 is 10.6 Å². The number of aliphatic imine (C=N–C) groups is 2. The van der Waals surface area contributed by atoms with Crippen LogP contribution in [0.15, 0.2) is 64.8 Å². The second-order valence-electron chi connectivity index (χ2n) is 8.14. The Bertz CT molecular complexity index is 1510. The number of benzene rings is 2. The Morgan fingerprint density at radius 2 is 1.26 bits per heavy atom. The van der Waals surface area contributed by atoms with Gasteiger partial charge in [-0.3, -0.25) is 15.0 Å². The lowest BCUT2D eigenvalue weighted by Crippen LogP contribution is -2.19. The molecule has 0 bridgehead atoms. The van der Waals surface area contributed by atoms with E-state index in [0.717, 1.165) is 90.6 Å². The molecule has 2 N–H and O–H groups in total. The van der Waals surface area contributed by atoms with Crippen molar-refractivity contribution in [2.75, 3.05) is 26.2 Å².